The smallest absolute Gasteiger partial charge is 0.0553 e. The molecule has 1 N–H and O–H groups in total. The maximum atomic E-state index is 9.80. The minimum atomic E-state index is -0.215. The number of rotatable bonds is 4. The normalized spacial score (nSPS) is 15.5. The zero-order valence-electron chi connectivity index (χ0n) is 9.72. The topological polar surface area (TPSA) is 20.2 Å². The Kier molecular flexibility index (Phi) is 4.18. The minimum absolute atomic E-state index is 0.0463. The van der Waals surface area contributed by atoms with E-state index in [1.165, 1.54) is 0 Å². The highest BCUT2D eigenvalue weighted by Crippen LogP contribution is 2.29. The first-order chi connectivity index (χ1) is 5.66. The van der Waals surface area contributed by atoms with Gasteiger partial charge in [-0.1, -0.05) is 40.7 Å². The van der Waals surface area contributed by atoms with Gasteiger partial charge in [0.1, 0.15) is 0 Å². The molecule has 1 heteroatoms. The van der Waals surface area contributed by atoms with Crippen LogP contribution in [0.4, 0.5) is 0 Å². The van der Waals surface area contributed by atoms with E-state index < -0.39 is 0 Å². The van der Waals surface area contributed by atoms with E-state index in [0.717, 1.165) is 12.8 Å². The van der Waals surface area contributed by atoms with Crippen molar-refractivity contribution in [3.8, 4) is 0 Å². The van der Waals surface area contributed by atoms with E-state index in [1.54, 1.807) is 0 Å². The van der Waals surface area contributed by atoms with Crippen LogP contribution >= 0.6 is 0 Å². The van der Waals surface area contributed by atoms with Gasteiger partial charge in [0.05, 0.1) is 6.10 Å². The largest absolute Gasteiger partial charge is 0.393 e. The molecule has 0 saturated carbocycles. The second kappa shape index (κ2) is 4.28. The van der Waals surface area contributed by atoms with Gasteiger partial charge in [-0.05, 0) is 23.7 Å². The third kappa shape index (κ3) is 6.83. The lowest BCUT2D eigenvalue weighted by molar-refractivity contribution is 0.0878. The molecule has 0 aromatic rings. The van der Waals surface area contributed by atoms with Crippen molar-refractivity contribution in [2.75, 3.05) is 0 Å². The lowest BCUT2D eigenvalue weighted by Gasteiger charge is -2.28. The molecule has 0 bridgehead atoms. The van der Waals surface area contributed by atoms with E-state index in [2.05, 4.69) is 41.2 Å². The van der Waals surface area contributed by atoms with Crippen LogP contribution < -0.4 is 0 Å². The number of aliphatic hydroxyl groups is 1. The van der Waals surface area contributed by atoms with Crippen molar-refractivity contribution in [2.45, 2.75) is 53.6 Å². The molecule has 0 amide bonds. The molecule has 0 spiro atoms. The molecular weight excluding hydrogens is 160 g/mol. The Balaban J connectivity index is 4.01. The molecule has 0 aromatic carbocycles. The van der Waals surface area contributed by atoms with E-state index in [4.69, 9.17) is 0 Å². The highest BCUT2D eigenvalue weighted by atomic mass is 16.3. The SMILES string of the molecule is C=CC(C)(C)CC(O)CC(C)(C)C. The summed E-state index contributed by atoms with van der Waals surface area (Å²) in [7, 11) is 0. The summed E-state index contributed by atoms with van der Waals surface area (Å²) >= 11 is 0. The van der Waals surface area contributed by atoms with E-state index in [0.29, 0.717) is 0 Å². The van der Waals surface area contributed by atoms with Crippen molar-refractivity contribution in [2.24, 2.45) is 10.8 Å². The Hall–Kier alpha value is -0.300. The number of allylic oxidation sites excluding steroid dienone is 1. The predicted molar refractivity (Wildman–Crippen MR) is 58.7 cm³/mol. The average Bonchev–Trinajstić information content (AvgIpc) is 1.81. The first-order valence-corrected chi connectivity index (χ1v) is 4.98. The van der Waals surface area contributed by atoms with Crippen LogP contribution in [-0.4, -0.2) is 11.2 Å². The number of hydrogen-bond donors (Lipinski definition) is 1. The van der Waals surface area contributed by atoms with Gasteiger partial charge in [0.25, 0.3) is 0 Å². The summed E-state index contributed by atoms with van der Waals surface area (Å²) < 4.78 is 0. The monoisotopic (exact) mass is 184 g/mol. The molecule has 0 aromatic heterocycles. The molecule has 0 saturated heterocycles. The van der Waals surface area contributed by atoms with Crippen LogP contribution in [0.1, 0.15) is 47.5 Å². The van der Waals surface area contributed by atoms with Crippen LogP contribution in [0.3, 0.4) is 0 Å². The Morgan fingerprint density at radius 3 is 1.92 bits per heavy atom. The van der Waals surface area contributed by atoms with Crippen LogP contribution in [0.2, 0.25) is 0 Å². The Labute approximate surface area is 82.9 Å². The Bertz CT molecular complexity index is 162. The van der Waals surface area contributed by atoms with Gasteiger partial charge in [0, 0.05) is 0 Å². The Morgan fingerprint density at radius 1 is 1.15 bits per heavy atom. The van der Waals surface area contributed by atoms with E-state index in [-0.39, 0.29) is 16.9 Å². The number of aliphatic hydroxyl groups excluding tert-OH is 1. The van der Waals surface area contributed by atoms with Gasteiger partial charge in [0.2, 0.25) is 0 Å². The molecular formula is C12H24O. The number of hydrogen-bond acceptors (Lipinski definition) is 1. The Morgan fingerprint density at radius 2 is 1.62 bits per heavy atom. The summed E-state index contributed by atoms with van der Waals surface area (Å²) in [5.41, 5.74) is 0.251. The molecule has 0 fully saturated rings. The molecule has 0 aliphatic carbocycles. The second-order valence-electron chi connectivity index (χ2n) is 5.82. The van der Waals surface area contributed by atoms with E-state index in [1.807, 2.05) is 6.08 Å². The lowest BCUT2D eigenvalue weighted by atomic mass is 9.81. The maximum Gasteiger partial charge on any atom is 0.0553 e. The molecule has 78 valence electrons. The zero-order chi connectivity index (χ0) is 10.7. The van der Waals surface area contributed by atoms with Crippen molar-refractivity contribution in [3.63, 3.8) is 0 Å². The first kappa shape index (κ1) is 12.7. The van der Waals surface area contributed by atoms with Crippen molar-refractivity contribution >= 4 is 0 Å². The summed E-state index contributed by atoms with van der Waals surface area (Å²) in [5.74, 6) is 0. The molecule has 0 aliphatic rings. The van der Waals surface area contributed by atoms with Gasteiger partial charge in [-0.2, -0.15) is 0 Å². The molecule has 13 heavy (non-hydrogen) atoms. The van der Waals surface area contributed by atoms with Gasteiger partial charge >= 0.3 is 0 Å². The molecule has 1 unspecified atom stereocenters. The lowest BCUT2D eigenvalue weighted by Crippen LogP contribution is -2.23. The predicted octanol–water partition coefficient (Wildman–Crippen LogP) is 3.39. The second-order valence-corrected chi connectivity index (χ2v) is 5.82. The van der Waals surface area contributed by atoms with Crippen molar-refractivity contribution < 1.29 is 5.11 Å². The summed E-state index contributed by atoms with van der Waals surface area (Å²) in [6.07, 6.45) is 3.35. The summed E-state index contributed by atoms with van der Waals surface area (Å²) in [4.78, 5) is 0. The van der Waals surface area contributed by atoms with Crippen LogP contribution in [-0.2, 0) is 0 Å². The molecule has 1 nitrogen and oxygen atoms in total. The van der Waals surface area contributed by atoms with Gasteiger partial charge in [-0.15, -0.1) is 6.58 Å². The fourth-order valence-corrected chi connectivity index (χ4v) is 1.47. The van der Waals surface area contributed by atoms with Gasteiger partial charge < -0.3 is 5.11 Å². The molecule has 0 rings (SSSR count). The van der Waals surface area contributed by atoms with Gasteiger partial charge in [-0.25, -0.2) is 0 Å². The quantitative estimate of drug-likeness (QED) is 0.664. The summed E-state index contributed by atoms with van der Waals surface area (Å²) in [6.45, 7) is 14.4. The fraction of sp³-hybridized carbons (Fsp3) is 0.833. The van der Waals surface area contributed by atoms with Crippen LogP contribution in [0.5, 0.6) is 0 Å². The van der Waals surface area contributed by atoms with E-state index in [9.17, 15) is 5.11 Å². The molecule has 0 radical (unpaired) electrons. The minimum Gasteiger partial charge on any atom is -0.393 e. The third-order valence-electron chi connectivity index (χ3n) is 2.16. The van der Waals surface area contributed by atoms with Crippen molar-refractivity contribution in [3.05, 3.63) is 12.7 Å². The van der Waals surface area contributed by atoms with Crippen molar-refractivity contribution in [1.82, 2.24) is 0 Å². The molecule has 0 heterocycles. The summed E-state index contributed by atoms with van der Waals surface area (Å²) in [6, 6.07) is 0. The molecule has 0 aliphatic heterocycles. The van der Waals surface area contributed by atoms with Crippen LogP contribution in [0.25, 0.3) is 0 Å². The van der Waals surface area contributed by atoms with Gasteiger partial charge in [-0.3, -0.25) is 0 Å². The fourth-order valence-electron chi connectivity index (χ4n) is 1.47. The summed E-state index contributed by atoms with van der Waals surface area (Å²) in [5, 5.41) is 9.80. The standard InChI is InChI=1S/C12H24O/c1-7-12(5,6)9-10(13)8-11(2,3)4/h7,10,13H,1,8-9H2,2-6H3. The average molecular weight is 184 g/mol. The van der Waals surface area contributed by atoms with Crippen LogP contribution in [0.15, 0.2) is 12.7 Å². The molecule has 1 atom stereocenters. The van der Waals surface area contributed by atoms with Crippen LogP contribution in [0, 0.1) is 10.8 Å². The van der Waals surface area contributed by atoms with Crippen molar-refractivity contribution in [1.29, 1.82) is 0 Å². The zero-order valence-corrected chi connectivity index (χ0v) is 9.72. The highest BCUT2D eigenvalue weighted by Gasteiger charge is 2.22. The third-order valence-corrected chi connectivity index (χ3v) is 2.16. The highest BCUT2D eigenvalue weighted by molar-refractivity contribution is 4.89. The van der Waals surface area contributed by atoms with Gasteiger partial charge in [0.15, 0.2) is 0 Å². The van der Waals surface area contributed by atoms with E-state index >= 15 is 0 Å². The maximum absolute atomic E-state index is 9.80. The first-order valence-electron chi connectivity index (χ1n) is 4.98.